The largest absolute Gasteiger partial charge is 0.477 e. The van der Waals surface area contributed by atoms with Crippen molar-refractivity contribution in [1.29, 1.82) is 0 Å². The van der Waals surface area contributed by atoms with Gasteiger partial charge in [0, 0.05) is 18.3 Å². The molecule has 1 rings (SSSR count). The Hall–Kier alpha value is -1.05. The van der Waals surface area contributed by atoms with Crippen LogP contribution in [0.5, 0.6) is 5.88 Å². The highest BCUT2D eigenvalue weighted by Gasteiger charge is 2.03. The van der Waals surface area contributed by atoms with Gasteiger partial charge in [-0.15, -0.1) is 24.0 Å². The molecule has 1 aromatic heterocycles. The second-order valence-corrected chi connectivity index (χ2v) is 5.01. The van der Waals surface area contributed by atoms with E-state index in [1.165, 1.54) is 19.3 Å². The minimum absolute atomic E-state index is 0. The fourth-order valence-corrected chi connectivity index (χ4v) is 1.87. The van der Waals surface area contributed by atoms with Crippen molar-refractivity contribution >= 4 is 29.9 Å². The van der Waals surface area contributed by atoms with E-state index in [1.54, 1.807) is 6.20 Å². The molecule has 0 radical (unpaired) electrons. The number of aromatic nitrogens is 1. The summed E-state index contributed by atoms with van der Waals surface area (Å²) in [6, 6.07) is 3.86. The van der Waals surface area contributed by atoms with Crippen molar-refractivity contribution < 1.29 is 4.74 Å². The molecular formula is C16H29IN4O. The normalized spacial score (nSPS) is 10.9. The van der Waals surface area contributed by atoms with E-state index in [9.17, 15) is 0 Å². The van der Waals surface area contributed by atoms with Crippen molar-refractivity contribution in [3.63, 3.8) is 0 Å². The molecule has 0 amide bonds. The summed E-state index contributed by atoms with van der Waals surface area (Å²) in [5, 5.41) is 3.14. The van der Waals surface area contributed by atoms with Crippen molar-refractivity contribution in [2.45, 2.75) is 52.5 Å². The number of guanidine groups is 1. The molecule has 0 aliphatic carbocycles. The van der Waals surface area contributed by atoms with E-state index in [2.05, 4.69) is 29.1 Å². The second-order valence-electron chi connectivity index (χ2n) is 5.01. The maximum Gasteiger partial charge on any atom is 0.218 e. The molecule has 0 bridgehead atoms. The highest BCUT2D eigenvalue weighted by atomic mass is 127. The zero-order valence-electron chi connectivity index (χ0n) is 13.7. The monoisotopic (exact) mass is 420 g/mol. The van der Waals surface area contributed by atoms with E-state index in [0.29, 0.717) is 25.0 Å². The van der Waals surface area contributed by atoms with Crippen molar-refractivity contribution in [3.05, 3.63) is 23.9 Å². The number of ether oxygens (including phenoxy) is 1. The molecule has 1 heterocycles. The standard InChI is InChI=1S/C16H28N4O.HI/c1-3-5-6-7-10-19-16(17)20-13-14-9-8-11-18-15(14)21-12-4-2;/h8-9,11H,3-7,10,12-13H2,1-2H3,(H3,17,19,20);1H. The number of unbranched alkanes of at least 4 members (excludes halogenated alkanes) is 3. The summed E-state index contributed by atoms with van der Waals surface area (Å²) in [6.07, 6.45) is 7.56. The third kappa shape index (κ3) is 9.07. The second kappa shape index (κ2) is 13.6. The minimum Gasteiger partial charge on any atom is -0.477 e. The average molecular weight is 420 g/mol. The Bertz CT molecular complexity index is 426. The van der Waals surface area contributed by atoms with Crippen molar-refractivity contribution in [3.8, 4) is 5.88 Å². The van der Waals surface area contributed by atoms with Crippen LogP contribution in [0.1, 0.15) is 51.5 Å². The quantitative estimate of drug-likeness (QED) is 0.263. The lowest BCUT2D eigenvalue weighted by Gasteiger charge is -2.08. The van der Waals surface area contributed by atoms with Gasteiger partial charge in [-0.2, -0.15) is 0 Å². The first-order valence-electron chi connectivity index (χ1n) is 7.88. The van der Waals surface area contributed by atoms with Gasteiger partial charge in [-0.25, -0.2) is 9.98 Å². The van der Waals surface area contributed by atoms with Crippen LogP contribution in [0.4, 0.5) is 0 Å². The number of hydrogen-bond acceptors (Lipinski definition) is 3. The summed E-state index contributed by atoms with van der Waals surface area (Å²) in [5.41, 5.74) is 6.82. The summed E-state index contributed by atoms with van der Waals surface area (Å²) in [6.45, 7) is 6.30. The van der Waals surface area contributed by atoms with Crippen molar-refractivity contribution in [2.75, 3.05) is 13.2 Å². The van der Waals surface area contributed by atoms with Gasteiger partial charge in [0.15, 0.2) is 5.96 Å². The summed E-state index contributed by atoms with van der Waals surface area (Å²) in [7, 11) is 0. The van der Waals surface area contributed by atoms with Crippen LogP contribution in [0.15, 0.2) is 23.3 Å². The zero-order chi connectivity index (χ0) is 15.3. The lowest BCUT2D eigenvalue weighted by molar-refractivity contribution is 0.302. The molecule has 5 nitrogen and oxygen atoms in total. The van der Waals surface area contributed by atoms with Gasteiger partial charge in [0.05, 0.1) is 13.2 Å². The highest BCUT2D eigenvalue weighted by Crippen LogP contribution is 2.15. The van der Waals surface area contributed by atoms with Gasteiger partial charge in [-0.1, -0.05) is 39.2 Å². The summed E-state index contributed by atoms with van der Waals surface area (Å²) in [5.74, 6) is 1.13. The average Bonchev–Trinajstić information content (AvgIpc) is 2.51. The van der Waals surface area contributed by atoms with Crippen LogP contribution in [-0.4, -0.2) is 24.1 Å². The van der Waals surface area contributed by atoms with Gasteiger partial charge >= 0.3 is 0 Å². The van der Waals surface area contributed by atoms with E-state index in [-0.39, 0.29) is 24.0 Å². The zero-order valence-corrected chi connectivity index (χ0v) is 16.0. The lowest BCUT2D eigenvalue weighted by atomic mass is 10.2. The van der Waals surface area contributed by atoms with E-state index < -0.39 is 0 Å². The number of nitrogens with two attached hydrogens (primary N) is 1. The fraction of sp³-hybridized carbons (Fsp3) is 0.625. The van der Waals surface area contributed by atoms with Crippen LogP contribution in [0, 0.1) is 0 Å². The summed E-state index contributed by atoms with van der Waals surface area (Å²) >= 11 is 0. The first-order chi connectivity index (χ1) is 10.3. The first kappa shape index (κ1) is 20.9. The molecule has 22 heavy (non-hydrogen) atoms. The van der Waals surface area contributed by atoms with Crippen molar-refractivity contribution in [2.24, 2.45) is 10.7 Å². The highest BCUT2D eigenvalue weighted by molar-refractivity contribution is 14.0. The molecule has 126 valence electrons. The number of pyridine rings is 1. The Balaban J connectivity index is 0.00000441. The maximum absolute atomic E-state index is 5.86. The number of nitrogens with zero attached hydrogens (tertiary/aromatic N) is 2. The number of aliphatic imine (C=N–C) groups is 1. The number of hydrogen-bond donors (Lipinski definition) is 2. The van der Waals surface area contributed by atoms with Crippen LogP contribution in [0.2, 0.25) is 0 Å². The molecule has 0 unspecified atom stereocenters. The van der Waals surface area contributed by atoms with Gasteiger partial charge in [0.2, 0.25) is 5.88 Å². The Morgan fingerprint density at radius 2 is 2.09 bits per heavy atom. The molecule has 0 spiro atoms. The molecule has 0 aromatic carbocycles. The minimum atomic E-state index is 0. The third-order valence-corrected chi connectivity index (χ3v) is 3.05. The Labute approximate surface area is 151 Å². The van der Waals surface area contributed by atoms with Gasteiger partial charge in [0.25, 0.3) is 0 Å². The van der Waals surface area contributed by atoms with E-state index in [1.807, 2.05) is 12.1 Å². The molecule has 3 N–H and O–H groups in total. The smallest absolute Gasteiger partial charge is 0.218 e. The third-order valence-electron chi connectivity index (χ3n) is 3.05. The SMILES string of the molecule is CCCCCCNC(N)=NCc1cccnc1OCCC.I. The van der Waals surface area contributed by atoms with E-state index in [4.69, 9.17) is 10.5 Å². The molecule has 6 heteroatoms. The molecular weight excluding hydrogens is 391 g/mol. The van der Waals surface area contributed by atoms with Gasteiger partial charge < -0.3 is 15.8 Å². The Morgan fingerprint density at radius 3 is 2.82 bits per heavy atom. The first-order valence-corrected chi connectivity index (χ1v) is 7.88. The van der Waals surface area contributed by atoms with E-state index >= 15 is 0 Å². The van der Waals surface area contributed by atoms with Crippen LogP contribution >= 0.6 is 24.0 Å². The van der Waals surface area contributed by atoms with Crippen LogP contribution in [-0.2, 0) is 6.54 Å². The molecule has 1 aromatic rings. The van der Waals surface area contributed by atoms with E-state index in [0.717, 1.165) is 24.9 Å². The van der Waals surface area contributed by atoms with Crippen LogP contribution in [0.3, 0.4) is 0 Å². The Kier molecular flexibility index (Phi) is 13.0. The number of nitrogens with one attached hydrogen (secondary N) is 1. The fourth-order valence-electron chi connectivity index (χ4n) is 1.87. The molecule has 0 aliphatic heterocycles. The van der Waals surface area contributed by atoms with Crippen LogP contribution in [0.25, 0.3) is 0 Å². The van der Waals surface area contributed by atoms with Gasteiger partial charge in [0.1, 0.15) is 0 Å². The molecule has 0 atom stereocenters. The van der Waals surface area contributed by atoms with Crippen molar-refractivity contribution in [1.82, 2.24) is 10.3 Å². The molecule has 0 aliphatic rings. The topological polar surface area (TPSA) is 72.5 Å². The predicted molar refractivity (Wildman–Crippen MR) is 103 cm³/mol. The van der Waals surface area contributed by atoms with Gasteiger partial charge in [-0.05, 0) is 18.9 Å². The summed E-state index contributed by atoms with van der Waals surface area (Å²) in [4.78, 5) is 8.58. The molecule has 0 saturated carbocycles. The Morgan fingerprint density at radius 1 is 1.27 bits per heavy atom. The van der Waals surface area contributed by atoms with Gasteiger partial charge in [-0.3, -0.25) is 0 Å². The van der Waals surface area contributed by atoms with Crippen LogP contribution < -0.4 is 15.8 Å². The maximum atomic E-state index is 5.86. The predicted octanol–water partition coefficient (Wildman–Crippen LogP) is 3.47. The molecule has 0 fully saturated rings. The summed E-state index contributed by atoms with van der Waals surface area (Å²) < 4.78 is 5.60. The lowest BCUT2D eigenvalue weighted by Crippen LogP contribution is -2.32. The molecule has 0 saturated heterocycles. The number of halogens is 1. The number of rotatable bonds is 10.